The molecule has 1 fully saturated rings. The predicted molar refractivity (Wildman–Crippen MR) is 102 cm³/mol. The highest BCUT2D eigenvalue weighted by Gasteiger charge is 2.33. The zero-order valence-electron chi connectivity index (χ0n) is 14.7. The number of benzene rings is 1. The molecule has 1 aliphatic heterocycles. The van der Waals surface area contributed by atoms with Crippen LogP contribution >= 0.6 is 11.3 Å². The third kappa shape index (κ3) is 3.59. The molecule has 1 aromatic carbocycles. The van der Waals surface area contributed by atoms with E-state index in [1.807, 2.05) is 35.2 Å². The SMILES string of the molecule is O=C(NCc1ccccc1)C1CCCN1c1nc2c(=O)[nH]c(C(F)F)nc2s1. The molecule has 146 valence electrons. The van der Waals surface area contributed by atoms with Crippen LogP contribution in [0, 0.1) is 0 Å². The molecule has 1 amide bonds. The molecule has 0 spiro atoms. The van der Waals surface area contributed by atoms with E-state index in [9.17, 15) is 18.4 Å². The largest absolute Gasteiger partial charge is 0.350 e. The van der Waals surface area contributed by atoms with Gasteiger partial charge in [0.1, 0.15) is 6.04 Å². The number of carbonyl (C=O) groups excluding carboxylic acids is 1. The minimum atomic E-state index is -2.87. The number of alkyl halides is 2. The number of nitrogens with one attached hydrogen (secondary N) is 2. The van der Waals surface area contributed by atoms with Crippen molar-refractivity contribution in [1.29, 1.82) is 0 Å². The van der Waals surface area contributed by atoms with Crippen LogP contribution in [0.4, 0.5) is 13.9 Å². The normalized spacial score (nSPS) is 16.8. The van der Waals surface area contributed by atoms with Gasteiger partial charge in [0.15, 0.2) is 21.3 Å². The third-order valence-electron chi connectivity index (χ3n) is 4.59. The van der Waals surface area contributed by atoms with Crippen LogP contribution in [0.5, 0.6) is 0 Å². The second kappa shape index (κ2) is 7.63. The summed E-state index contributed by atoms with van der Waals surface area (Å²) in [5, 5.41) is 3.36. The number of thiazole rings is 1. The van der Waals surface area contributed by atoms with Gasteiger partial charge in [0.2, 0.25) is 5.91 Å². The molecule has 10 heteroatoms. The van der Waals surface area contributed by atoms with Crippen molar-refractivity contribution < 1.29 is 13.6 Å². The number of nitrogens with zero attached hydrogens (tertiary/aromatic N) is 3. The van der Waals surface area contributed by atoms with Crippen LogP contribution in [-0.4, -0.2) is 33.4 Å². The number of rotatable bonds is 5. The fourth-order valence-electron chi connectivity index (χ4n) is 3.23. The molecule has 0 aliphatic carbocycles. The van der Waals surface area contributed by atoms with Crippen molar-refractivity contribution in [3.8, 4) is 0 Å². The summed E-state index contributed by atoms with van der Waals surface area (Å²) >= 11 is 1.05. The smallest absolute Gasteiger partial charge is 0.295 e. The summed E-state index contributed by atoms with van der Waals surface area (Å²) in [6.07, 6.45) is -1.42. The minimum Gasteiger partial charge on any atom is -0.350 e. The molecule has 0 bridgehead atoms. The van der Waals surface area contributed by atoms with Crippen LogP contribution in [0.15, 0.2) is 35.1 Å². The summed E-state index contributed by atoms with van der Waals surface area (Å²) in [7, 11) is 0. The van der Waals surface area contributed by atoms with Crippen molar-refractivity contribution >= 4 is 32.7 Å². The Balaban J connectivity index is 1.55. The highest BCUT2D eigenvalue weighted by atomic mass is 32.1. The average Bonchev–Trinajstić information content (AvgIpc) is 3.33. The topological polar surface area (TPSA) is 91.0 Å². The Morgan fingerprint density at radius 3 is 2.86 bits per heavy atom. The van der Waals surface area contributed by atoms with Crippen LogP contribution in [0.1, 0.15) is 30.7 Å². The maximum Gasteiger partial charge on any atom is 0.295 e. The molecular weight excluding hydrogens is 388 g/mol. The summed E-state index contributed by atoms with van der Waals surface area (Å²) in [5.74, 6) is -0.804. The molecule has 0 radical (unpaired) electrons. The van der Waals surface area contributed by atoms with E-state index >= 15 is 0 Å². The van der Waals surface area contributed by atoms with Gasteiger partial charge in [-0.3, -0.25) is 9.59 Å². The Hall–Kier alpha value is -2.88. The molecule has 3 aromatic rings. The second-order valence-electron chi connectivity index (χ2n) is 6.46. The minimum absolute atomic E-state index is 0.0137. The molecule has 2 aromatic heterocycles. The van der Waals surface area contributed by atoms with Gasteiger partial charge in [-0.05, 0) is 18.4 Å². The Labute approximate surface area is 162 Å². The van der Waals surface area contributed by atoms with Gasteiger partial charge in [0.25, 0.3) is 12.0 Å². The van der Waals surface area contributed by atoms with E-state index < -0.39 is 23.9 Å². The van der Waals surface area contributed by atoms with Crippen LogP contribution in [0.25, 0.3) is 10.3 Å². The number of carbonyl (C=O) groups is 1. The van der Waals surface area contributed by atoms with Crippen molar-refractivity contribution in [1.82, 2.24) is 20.3 Å². The molecule has 3 heterocycles. The second-order valence-corrected chi connectivity index (χ2v) is 7.41. The standard InChI is InChI=1S/C18H17F2N5O2S/c19-13(20)14-23-16(27)12-17(24-14)28-18(22-12)25-8-4-7-11(25)15(26)21-9-10-5-2-1-3-6-10/h1-3,5-6,11,13H,4,7-9H2,(H,21,26)(H,23,24,27). The zero-order valence-corrected chi connectivity index (χ0v) is 15.5. The molecule has 28 heavy (non-hydrogen) atoms. The van der Waals surface area contributed by atoms with E-state index in [4.69, 9.17) is 0 Å². The number of H-pyrrole nitrogens is 1. The maximum absolute atomic E-state index is 12.9. The Morgan fingerprint density at radius 1 is 1.32 bits per heavy atom. The van der Waals surface area contributed by atoms with Crippen molar-refractivity contribution in [3.05, 3.63) is 52.1 Å². The summed E-state index contributed by atoms with van der Waals surface area (Å²) < 4.78 is 25.7. The van der Waals surface area contributed by atoms with Crippen molar-refractivity contribution in [2.24, 2.45) is 0 Å². The van der Waals surface area contributed by atoms with Gasteiger partial charge in [-0.2, -0.15) is 0 Å². The zero-order chi connectivity index (χ0) is 19.7. The van der Waals surface area contributed by atoms with E-state index in [0.29, 0.717) is 24.6 Å². The number of aromatic nitrogens is 3. The average molecular weight is 405 g/mol. The fraction of sp³-hybridized carbons (Fsp3) is 0.333. The van der Waals surface area contributed by atoms with Crippen LogP contribution in [-0.2, 0) is 11.3 Å². The van der Waals surface area contributed by atoms with E-state index in [0.717, 1.165) is 23.3 Å². The maximum atomic E-state index is 12.9. The number of hydrogen-bond donors (Lipinski definition) is 2. The Morgan fingerprint density at radius 2 is 2.11 bits per heavy atom. The number of halogens is 2. The first kappa shape index (κ1) is 18.5. The quantitative estimate of drug-likeness (QED) is 0.681. The Kier molecular flexibility index (Phi) is 5.03. The van der Waals surface area contributed by atoms with E-state index in [1.54, 1.807) is 0 Å². The number of fused-ring (bicyclic) bond motifs is 1. The van der Waals surface area contributed by atoms with Crippen molar-refractivity contribution in [2.75, 3.05) is 11.4 Å². The summed E-state index contributed by atoms with van der Waals surface area (Å²) in [6.45, 7) is 1.02. The fourth-order valence-corrected chi connectivity index (χ4v) is 4.26. The van der Waals surface area contributed by atoms with Crippen LogP contribution in [0.2, 0.25) is 0 Å². The van der Waals surface area contributed by atoms with Crippen LogP contribution < -0.4 is 15.8 Å². The third-order valence-corrected chi connectivity index (χ3v) is 5.58. The lowest BCUT2D eigenvalue weighted by atomic mass is 10.2. The molecule has 1 unspecified atom stereocenters. The lowest BCUT2D eigenvalue weighted by molar-refractivity contribution is -0.122. The first-order valence-corrected chi connectivity index (χ1v) is 9.62. The summed E-state index contributed by atoms with van der Waals surface area (Å²) in [4.78, 5) is 36.8. The number of anilines is 1. The van der Waals surface area contributed by atoms with Gasteiger partial charge >= 0.3 is 0 Å². The lowest BCUT2D eigenvalue weighted by Crippen LogP contribution is -2.43. The summed E-state index contributed by atoms with van der Waals surface area (Å²) in [5.41, 5.74) is 0.308. The number of aromatic amines is 1. The van der Waals surface area contributed by atoms with Gasteiger partial charge in [0, 0.05) is 13.1 Å². The molecule has 1 aliphatic rings. The first-order valence-electron chi connectivity index (χ1n) is 8.80. The molecule has 7 nitrogen and oxygen atoms in total. The first-order chi connectivity index (χ1) is 13.5. The monoisotopic (exact) mass is 405 g/mol. The van der Waals surface area contributed by atoms with Crippen molar-refractivity contribution in [3.63, 3.8) is 0 Å². The molecule has 4 rings (SSSR count). The van der Waals surface area contributed by atoms with Gasteiger partial charge in [0.05, 0.1) is 0 Å². The number of hydrogen-bond acceptors (Lipinski definition) is 6. The van der Waals surface area contributed by atoms with Crippen molar-refractivity contribution in [2.45, 2.75) is 31.9 Å². The predicted octanol–water partition coefficient (Wildman–Crippen LogP) is 2.60. The van der Waals surface area contributed by atoms with E-state index in [2.05, 4.69) is 20.3 Å². The van der Waals surface area contributed by atoms with E-state index in [1.165, 1.54) is 0 Å². The van der Waals surface area contributed by atoms with Crippen LogP contribution in [0.3, 0.4) is 0 Å². The highest BCUT2D eigenvalue weighted by molar-refractivity contribution is 7.21. The molecule has 1 atom stereocenters. The molecule has 0 saturated carbocycles. The van der Waals surface area contributed by atoms with Gasteiger partial charge in [-0.1, -0.05) is 41.7 Å². The van der Waals surface area contributed by atoms with Gasteiger partial charge in [-0.25, -0.2) is 18.7 Å². The molecule has 1 saturated heterocycles. The molecular formula is C18H17F2N5O2S. The number of amides is 1. The van der Waals surface area contributed by atoms with Gasteiger partial charge in [-0.15, -0.1) is 0 Å². The van der Waals surface area contributed by atoms with Gasteiger partial charge < -0.3 is 15.2 Å². The summed E-state index contributed by atoms with van der Waals surface area (Å²) in [6, 6.07) is 9.16. The Bertz CT molecular complexity index is 1050. The van der Waals surface area contributed by atoms with E-state index in [-0.39, 0.29) is 16.3 Å². The lowest BCUT2D eigenvalue weighted by Gasteiger charge is -2.23. The molecule has 2 N–H and O–H groups in total. The highest BCUT2D eigenvalue weighted by Crippen LogP contribution is 2.32.